The van der Waals surface area contributed by atoms with Crippen molar-refractivity contribution in [2.45, 2.75) is 95.5 Å². The fourth-order valence-electron chi connectivity index (χ4n) is 8.92. The Labute approximate surface area is 291 Å². The summed E-state index contributed by atoms with van der Waals surface area (Å²) in [5.41, 5.74) is -0.0989. The van der Waals surface area contributed by atoms with Gasteiger partial charge in [0.2, 0.25) is 0 Å². The molecule has 3 saturated heterocycles. The van der Waals surface area contributed by atoms with Gasteiger partial charge >= 0.3 is 17.9 Å². The Balaban J connectivity index is 1.14. The molecule has 2 aliphatic carbocycles. The zero-order chi connectivity index (χ0) is 34.8. The fourth-order valence-corrected chi connectivity index (χ4v) is 8.92. The molecule has 8 rings (SSSR count). The molecular formula is C40H42O10. The van der Waals surface area contributed by atoms with Gasteiger partial charge in [-0.25, -0.2) is 14.4 Å². The number of hydrogen-bond donors (Lipinski definition) is 0. The molecule has 4 bridgehead atoms. The van der Waals surface area contributed by atoms with Crippen molar-refractivity contribution in [2.24, 2.45) is 10.8 Å². The molecule has 2 spiro atoms. The number of cyclic esters (lactones) is 1. The normalized spacial score (nSPS) is 41.8. The average Bonchev–Trinajstić information content (AvgIpc) is 3.80. The van der Waals surface area contributed by atoms with Crippen molar-refractivity contribution < 1.29 is 47.5 Å². The highest BCUT2D eigenvalue weighted by Crippen LogP contribution is 2.72. The van der Waals surface area contributed by atoms with Gasteiger partial charge in [0.25, 0.3) is 0 Å². The highest BCUT2D eigenvalue weighted by molar-refractivity contribution is 5.95. The first-order valence-corrected chi connectivity index (χ1v) is 17.4. The lowest BCUT2D eigenvalue weighted by Crippen LogP contribution is -2.66. The number of esters is 3. The SMILES string of the molecule is CC1=C[C@H]2O[C@@H]3C[C@H]4OC(=O)/C=C\C=C/[C@@H]5O[C@@H](O[C@H]5C)[C@H](OC(=O)c5ccc6ccccc6c5)/C(C)=C\C(=O)OC[C@@]2(CC1)[C@]4(C)[C@@]31CO1. The van der Waals surface area contributed by atoms with Crippen LogP contribution in [0.1, 0.15) is 57.3 Å². The summed E-state index contributed by atoms with van der Waals surface area (Å²) in [5.74, 6) is -1.67. The van der Waals surface area contributed by atoms with Crippen LogP contribution in [-0.4, -0.2) is 79.6 Å². The van der Waals surface area contributed by atoms with Crippen molar-refractivity contribution in [3.05, 3.63) is 95.6 Å². The molecule has 10 nitrogen and oxygen atoms in total. The van der Waals surface area contributed by atoms with Crippen LogP contribution in [0, 0.1) is 10.8 Å². The molecule has 2 aromatic rings. The molecule has 2 aromatic carbocycles. The summed E-state index contributed by atoms with van der Waals surface area (Å²) in [6.45, 7) is 8.22. The standard InChI is InChI=1S/C40H42O10/c1-23-15-16-39-21-44-34(42)18-24(2)35(50-36(43)28-14-13-26-9-5-6-10-27(26)19-28)37-46-25(3)29(47-37)11-7-8-12-33(41)49-30-20-32(48-31(39)17-23)40(22-45-40)38(30,39)4/h5-14,17-19,25,29-32,35,37H,15-16,20-22H2,1-4H3/b11-7-,12-8-,24-18-/t25-,29-,30+,31+,32+,35+,37+,38+,39+,40+/m0/s1. The Morgan fingerprint density at radius 1 is 0.940 bits per heavy atom. The molecule has 4 heterocycles. The average molecular weight is 683 g/mol. The number of benzene rings is 2. The molecule has 0 unspecified atom stereocenters. The van der Waals surface area contributed by atoms with Crippen molar-refractivity contribution in [1.82, 2.24) is 0 Å². The van der Waals surface area contributed by atoms with Crippen LogP contribution in [0.25, 0.3) is 10.8 Å². The Kier molecular flexibility index (Phi) is 8.14. The second-order valence-corrected chi connectivity index (χ2v) is 14.7. The van der Waals surface area contributed by atoms with E-state index in [2.05, 4.69) is 19.9 Å². The zero-order valence-corrected chi connectivity index (χ0v) is 28.7. The summed E-state index contributed by atoms with van der Waals surface area (Å²) in [4.78, 5) is 40.6. The van der Waals surface area contributed by atoms with Gasteiger partial charge in [0.15, 0.2) is 12.4 Å². The first kappa shape index (κ1) is 33.1. The first-order valence-electron chi connectivity index (χ1n) is 17.4. The smallest absolute Gasteiger partial charge is 0.338 e. The van der Waals surface area contributed by atoms with Crippen LogP contribution in [0.5, 0.6) is 0 Å². The minimum Gasteiger partial charge on any atom is -0.462 e. The molecular weight excluding hydrogens is 640 g/mol. The molecule has 0 aromatic heterocycles. The van der Waals surface area contributed by atoms with E-state index in [9.17, 15) is 14.4 Å². The van der Waals surface area contributed by atoms with Gasteiger partial charge in [-0.1, -0.05) is 67.1 Å². The van der Waals surface area contributed by atoms with Gasteiger partial charge in [-0.3, -0.25) is 0 Å². The second kappa shape index (κ2) is 12.3. The lowest BCUT2D eigenvalue weighted by atomic mass is 9.51. The Bertz CT molecular complexity index is 1850. The van der Waals surface area contributed by atoms with Crippen LogP contribution in [0.4, 0.5) is 0 Å². The topological polar surface area (TPSA) is 119 Å². The lowest BCUT2D eigenvalue weighted by Gasteiger charge is -2.58. The van der Waals surface area contributed by atoms with E-state index in [1.807, 2.05) is 37.3 Å². The van der Waals surface area contributed by atoms with E-state index in [1.165, 1.54) is 17.7 Å². The van der Waals surface area contributed by atoms with Gasteiger partial charge in [0, 0.05) is 24.0 Å². The Hall–Kier alpha value is -4.09. The number of epoxide rings is 1. The summed E-state index contributed by atoms with van der Waals surface area (Å²) in [7, 11) is 0. The number of carbonyl (C=O) groups is 3. The lowest BCUT2D eigenvalue weighted by molar-refractivity contribution is -0.232. The van der Waals surface area contributed by atoms with E-state index in [0.29, 0.717) is 30.6 Å². The van der Waals surface area contributed by atoms with Gasteiger partial charge < -0.3 is 33.2 Å². The largest absolute Gasteiger partial charge is 0.462 e. The van der Waals surface area contributed by atoms with Crippen molar-refractivity contribution in [3.8, 4) is 0 Å². The van der Waals surface area contributed by atoms with Crippen LogP contribution in [-0.2, 0) is 42.7 Å². The molecule has 6 aliphatic rings. The van der Waals surface area contributed by atoms with Gasteiger partial charge in [0.1, 0.15) is 24.4 Å². The van der Waals surface area contributed by atoms with E-state index in [1.54, 1.807) is 37.3 Å². The van der Waals surface area contributed by atoms with E-state index in [0.717, 1.165) is 17.2 Å². The molecule has 4 fully saturated rings. The maximum Gasteiger partial charge on any atom is 0.338 e. The molecule has 4 aliphatic heterocycles. The minimum absolute atomic E-state index is 0.0160. The van der Waals surface area contributed by atoms with Crippen LogP contribution in [0.3, 0.4) is 0 Å². The molecule has 50 heavy (non-hydrogen) atoms. The van der Waals surface area contributed by atoms with E-state index < -0.39 is 65.0 Å². The number of allylic oxidation sites excluding steroid dienone is 3. The van der Waals surface area contributed by atoms with Gasteiger partial charge in [-0.2, -0.15) is 0 Å². The molecule has 0 N–H and O–H groups in total. The molecule has 10 atom stereocenters. The van der Waals surface area contributed by atoms with Crippen molar-refractivity contribution >= 4 is 28.7 Å². The van der Waals surface area contributed by atoms with E-state index in [4.69, 9.17) is 33.2 Å². The van der Waals surface area contributed by atoms with Gasteiger partial charge in [-0.15, -0.1) is 0 Å². The van der Waals surface area contributed by atoms with Crippen molar-refractivity contribution in [2.75, 3.05) is 13.2 Å². The Morgan fingerprint density at radius 3 is 2.54 bits per heavy atom. The van der Waals surface area contributed by atoms with E-state index >= 15 is 0 Å². The Morgan fingerprint density at radius 2 is 1.74 bits per heavy atom. The van der Waals surface area contributed by atoms with Crippen LogP contribution >= 0.6 is 0 Å². The maximum atomic E-state index is 13.7. The molecule has 1 saturated carbocycles. The van der Waals surface area contributed by atoms with Crippen molar-refractivity contribution in [1.29, 1.82) is 0 Å². The second-order valence-electron chi connectivity index (χ2n) is 14.7. The maximum absolute atomic E-state index is 13.7. The summed E-state index contributed by atoms with van der Waals surface area (Å²) in [6, 6.07) is 13.1. The summed E-state index contributed by atoms with van der Waals surface area (Å²) < 4.78 is 43.7. The zero-order valence-electron chi connectivity index (χ0n) is 28.7. The van der Waals surface area contributed by atoms with Crippen LogP contribution in [0.2, 0.25) is 0 Å². The third-order valence-corrected chi connectivity index (χ3v) is 12.0. The predicted octanol–water partition coefficient (Wildman–Crippen LogP) is 5.70. The number of hydrogen-bond acceptors (Lipinski definition) is 10. The van der Waals surface area contributed by atoms with Gasteiger partial charge in [-0.05, 0) is 62.1 Å². The van der Waals surface area contributed by atoms with Gasteiger partial charge in [0.05, 0.1) is 35.9 Å². The molecule has 0 amide bonds. The number of fused-ring (bicyclic) bond motifs is 3. The third kappa shape index (κ3) is 5.27. The monoisotopic (exact) mass is 682 g/mol. The molecule has 0 radical (unpaired) electrons. The first-order chi connectivity index (χ1) is 24.0. The van der Waals surface area contributed by atoms with Crippen molar-refractivity contribution in [3.63, 3.8) is 0 Å². The summed E-state index contributed by atoms with van der Waals surface area (Å²) >= 11 is 0. The highest BCUT2D eigenvalue weighted by Gasteiger charge is 2.83. The summed E-state index contributed by atoms with van der Waals surface area (Å²) in [6.07, 6.45) is 7.74. The number of carbonyl (C=O) groups excluding carboxylic acids is 3. The summed E-state index contributed by atoms with van der Waals surface area (Å²) in [5, 5.41) is 1.89. The van der Waals surface area contributed by atoms with E-state index in [-0.39, 0.29) is 18.8 Å². The van der Waals surface area contributed by atoms with Crippen LogP contribution in [0.15, 0.2) is 90.1 Å². The fraction of sp³-hybridized carbons (Fsp3) is 0.475. The molecule has 262 valence electrons. The quantitative estimate of drug-likeness (QED) is 0.169. The number of rotatable bonds is 2. The third-order valence-electron chi connectivity index (χ3n) is 12.0. The molecule has 10 heteroatoms. The minimum atomic E-state index is -1.06. The number of ether oxygens (including phenoxy) is 7. The van der Waals surface area contributed by atoms with Crippen LogP contribution < -0.4 is 0 Å². The predicted molar refractivity (Wildman–Crippen MR) is 181 cm³/mol. The highest BCUT2D eigenvalue weighted by atomic mass is 16.8.